The Morgan fingerprint density at radius 2 is 1.93 bits per heavy atom. The molecular formula is C18H25N5O3S. The van der Waals surface area contributed by atoms with E-state index < -0.39 is 9.84 Å². The summed E-state index contributed by atoms with van der Waals surface area (Å²) in [6.45, 7) is 7.40. The van der Waals surface area contributed by atoms with Crippen LogP contribution in [0.4, 0.5) is 0 Å². The summed E-state index contributed by atoms with van der Waals surface area (Å²) < 4.78 is 30.4. The quantitative estimate of drug-likeness (QED) is 0.747. The molecule has 2 aromatic heterocycles. The molecule has 0 saturated carbocycles. The fraction of sp³-hybridized carbons (Fsp3) is 0.611. The van der Waals surface area contributed by atoms with Gasteiger partial charge in [0, 0.05) is 44.1 Å². The lowest BCUT2D eigenvalue weighted by Gasteiger charge is -2.44. The average Bonchev–Trinajstić information content (AvgIpc) is 3.21. The zero-order chi connectivity index (χ0) is 19.0. The van der Waals surface area contributed by atoms with Crippen LogP contribution in [-0.4, -0.2) is 76.6 Å². The summed E-state index contributed by atoms with van der Waals surface area (Å²) in [6.07, 6.45) is 3.37. The summed E-state index contributed by atoms with van der Waals surface area (Å²) in [7, 11) is -3.02. The zero-order valence-electron chi connectivity index (χ0n) is 15.7. The molecule has 4 rings (SSSR count). The van der Waals surface area contributed by atoms with E-state index in [1.54, 1.807) is 12.4 Å². The van der Waals surface area contributed by atoms with Crippen molar-refractivity contribution in [2.75, 3.05) is 31.1 Å². The highest BCUT2D eigenvalue weighted by Crippen LogP contribution is 2.29. The normalized spacial score (nSPS) is 25.7. The smallest absolute Gasteiger partial charge is 0.249 e. The summed E-state index contributed by atoms with van der Waals surface area (Å²) in [4.78, 5) is 8.59. The van der Waals surface area contributed by atoms with Crippen molar-refractivity contribution in [1.29, 1.82) is 0 Å². The van der Waals surface area contributed by atoms with Crippen LogP contribution in [0.3, 0.4) is 0 Å². The Morgan fingerprint density at radius 1 is 1.19 bits per heavy atom. The monoisotopic (exact) mass is 391 g/mol. The maximum absolute atomic E-state index is 12.3. The Bertz CT molecular complexity index is 883. The fourth-order valence-electron chi connectivity index (χ4n) is 4.09. The van der Waals surface area contributed by atoms with Crippen molar-refractivity contribution in [1.82, 2.24) is 25.0 Å². The number of fused-ring (bicyclic) bond motifs is 1. The van der Waals surface area contributed by atoms with Crippen molar-refractivity contribution < 1.29 is 12.8 Å². The maximum Gasteiger partial charge on any atom is 0.249 e. The molecule has 2 saturated heterocycles. The van der Waals surface area contributed by atoms with Crippen molar-refractivity contribution in [2.45, 2.75) is 32.5 Å². The minimum atomic E-state index is -3.02. The first-order valence-electron chi connectivity index (χ1n) is 9.32. The Balaban J connectivity index is 1.50. The molecule has 0 aromatic carbocycles. The zero-order valence-corrected chi connectivity index (χ0v) is 16.5. The highest BCUT2D eigenvalue weighted by molar-refractivity contribution is 7.91. The predicted octanol–water partition coefficient (Wildman–Crippen LogP) is 1.07. The van der Waals surface area contributed by atoms with Gasteiger partial charge in [0.15, 0.2) is 9.84 Å². The molecule has 0 radical (unpaired) electrons. The number of pyridine rings is 1. The highest BCUT2D eigenvalue weighted by Gasteiger charge is 2.46. The maximum atomic E-state index is 12.3. The van der Waals surface area contributed by atoms with E-state index in [0.717, 1.165) is 25.2 Å². The molecule has 2 atom stereocenters. The third-order valence-corrected chi connectivity index (χ3v) is 6.92. The summed E-state index contributed by atoms with van der Waals surface area (Å²) in [5.74, 6) is 1.90. The lowest BCUT2D eigenvalue weighted by atomic mass is 10.0. The second-order valence-electron chi connectivity index (χ2n) is 7.81. The molecule has 0 N–H and O–H groups in total. The van der Waals surface area contributed by atoms with E-state index in [1.807, 2.05) is 12.1 Å². The molecule has 4 heterocycles. The lowest BCUT2D eigenvalue weighted by Crippen LogP contribution is -2.59. The first-order chi connectivity index (χ1) is 12.9. The summed E-state index contributed by atoms with van der Waals surface area (Å²) in [5.41, 5.74) is 0.777. The topological polar surface area (TPSA) is 92.4 Å². The lowest BCUT2D eigenvalue weighted by molar-refractivity contribution is 0.0292. The molecule has 2 fully saturated rings. The predicted molar refractivity (Wildman–Crippen MR) is 101 cm³/mol. The first-order valence-corrected chi connectivity index (χ1v) is 11.1. The molecule has 2 unspecified atom stereocenters. The Morgan fingerprint density at radius 3 is 2.63 bits per heavy atom. The van der Waals surface area contributed by atoms with Crippen LogP contribution in [0.15, 0.2) is 28.9 Å². The van der Waals surface area contributed by atoms with Crippen molar-refractivity contribution in [3.63, 3.8) is 0 Å². The molecule has 27 heavy (non-hydrogen) atoms. The van der Waals surface area contributed by atoms with E-state index in [4.69, 9.17) is 4.42 Å². The van der Waals surface area contributed by atoms with Gasteiger partial charge in [0.25, 0.3) is 0 Å². The molecule has 2 aliphatic rings. The molecule has 9 heteroatoms. The van der Waals surface area contributed by atoms with Crippen LogP contribution in [0.1, 0.15) is 19.7 Å². The van der Waals surface area contributed by atoms with Crippen LogP contribution >= 0.6 is 0 Å². The van der Waals surface area contributed by atoms with Crippen molar-refractivity contribution in [2.24, 2.45) is 5.92 Å². The average molecular weight is 391 g/mol. The molecule has 2 aliphatic heterocycles. The van der Waals surface area contributed by atoms with Gasteiger partial charge in [0.05, 0.1) is 23.6 Å². The standard InChI is InChI=1S/C18H25N5O3S/c1-13(2)9-22-6-7-23(16-12-27(24,25)11-15(16)22)10-17-20-21-18(26-17)14-4-3-5-19-8-14/h3-5,8,13,15-16H,6-7,9-12H2,1-2H3. The minimum absolute atomic E-state index is 0.0174. The van der Waals surface area contributed by atoms with Gasteiger partial charge in [-0.15, -0.1) is 10.2 Å². The van der Waals surface area contributed by atoms with E-state index in [0.29, 0.717) is 24.2 Å². The van der Waals surface area contributed by atoms with Crippen molar-refractivity contribution >= 4 is 9.84 Å². The van der Waals surface area contributed by atoms with Gasteiger partial charge in [-0.2, -0.15) is 0 Å². The van der Waals surface area contributed by atoms with E-state index >= 15 is 0 Å². The van der Waals surface area contributed by atoms with E-state index in [-0.39, 0.29) is 23.6 Å². The van der Waals surface area contributed by atoms with Gasteiger partial charge in [0.1, 0.15) is 0 Å². The van der Waals surface area contributed by atoms with Gasteiger partial charge in [-0.3, -0.25) is 14.8 Å². The molecule has 8 nitrogen and oxygen atoms in total. The Kier molecular flexibility index (Phi) is 5.00. The summed E-state index contributed by atoms with van der Waals surface area (Å²) in [5, 5.41) is 8.26. The number of hydrogen-bond donors (Lipinski definition) is 0. The highest BCUT2D eigenvalue weighted by atomic mass is 32.2. The Hall–Kier alpha value is -1.84. The van der Waals surface area contributed by atoms with Crippen LogP contribution in [0.5, 0.6) is 0 Å². The molecule has 0 bridgehead atoms. The van der Waals surface area contributed by atoms with Crippen LogP contribution in [0.25, 0.3) is 11.5 Å². The number of piperazine rings is 1. The molecule has 146 valence electrons. The van der Waals surface area contributed by atoms with Gasteiger partial charge in [0.2, 0.25) is 11.8 Å². The van der Waals surface area contributed by atoms with Gasteiger partial charge < -0.3 is 4.42 Å². The third kappa shape index (κ3) is 4.04. The van der Waals surface area contributed by atoms with Crippen molar-refractivity contribution in [3.05, 3.63) is 30.4 Å². The summed E-state index contributed by atoms with van der Waals surface area (Å²) in [6, 6.07) is 3.72. The minimum Gasteiger partial charge on any atom is -0.419 e. The molecular weight excluding hydrogens is 366 g/mol. The SMILES string of the molecule is CC(C)CN1CCN(Cc2nnc(-c3cccnc3)o2)C2CS(=O)(=O)CC21. The van der Waals surface area contributed by atoms with E-state index in [1.165, 1.54) is 0 Å². The molecule has 0 aliphatic carbocycles. The number of nitrogens with zero attached hydrogens (tertiary/aromatic N) is 5. The van der Waals surface area contributed by atoms with Crippen LogP contribution in [0.2, 0.25) is 0 Å². The van der Waals surface area contributed by atoms with Crippen molar-refractivity contribution in [3.8, 4) is 11.5 Å². The first kappa shape index (κ1) is 18.5. The molecule has 2 aromatic rings. The molecule has 0 spiro atoms. The van der Waals surface area contributed by atoms with Gasteiger partial charge >= 0.3 is 0 Å². The second kappa shape index (κ2) is 7.29. The fourth-order valence-corrected chi connectivity index (χ4v) is 6.13. The van der Waals surface area contributed by atoms with Gasteiger partial charge in [-0.1, -0.05) is 13.8 Å². The number of aromatic nitrogens is 3. The Labute approximate surface area is 159 Å². The van der Waals surface area contributed by atoms with Crippen LogP contribution < -0.4 is 0 Å². The number of rotatable bonds is 5. The largest absolute Gasteiger partial charge is 0.419 e. The van der Waals surface area contributed by atoms with Gasteiger partial charge in [-0.05, 0) is 18.1 Å². The second-order valence-corrected chi connectivity index (χ2v) is 9.97. The summed E-state index contributed by atoms with van der Waals surface area (Å²) >= 11 is 0. The van der Waals surface area contributed by atoms with E-state index in [2.05, 4.69) is 38.8 Å². The van der Waals surface area contributed by atoms with Crippen LogP contribution in [-0.2, 0) is 16.4 Å². The third-order valence-electron chi connectivity index (χ3n) is 5.22. The van der Waals surface area contributed by atoms with Crippen LogP contribution in [0, 0.1) is 5.92 Å². The number of hydrogen-bond acceptors (Lipinski definition) is 8. The van der Waals surface area contributed by atoms with E-state index in [9.17, 15) is 8.42 Å². The van der Waals surface area contributed by atoms with Gasteiger partial charge in [-0.25, -0.2) is 8.42 Å². The number of sulfone groups is 1. The molecule has 0 amide bonds.